The number of aliphatic carboxylic acids is 1. The number of rotatable bonds is 5. The normalized spacial score (nSPS) is 11.8. The predicted molar refractivity (Wildman–Crippen MR) is 52.8 cm³/mol. The highest BCUT2D eigenvalue weighted by atomic mass is 16.4. The summed E-state index contributed by atoms with van der Waals surface area (Å²) in [6.45, 7) is 0. The van der Waals surface area contributed by atoms with Gasteiger partial charge in [0.15, 0.2) is 11.8 Å². The van der Waals surface area contributed by atoms with E-state index in [1.165, 1.54) is 12.1 Å². The number of aromatic nitrogens is 1. The topological polar surface area (TPSA) is 131 Å². The van der Waals surface area contributed by atoms with Gasteiger partial charge in [-0.25, -0.2) is 0 Å². The summed E-state index contributed by atoms with van der Waals surface area (Å²) >= 11 is 0. The number of carboxylic acid groups (broad SMARTS) is 1. The van der Waals surface area contributed by atoms with Gasteiger partial charge < -0.3 is 15.3 Å². The molecule has 1 atom stereocenters. The lowest BCUT2D eigenvalue weighted by molar-refractivity contribution is -0.137. The third-order valence-corrected chi connectivity index (χ3v) is 1.97. The van der Waals surface area contributed by atoms with Crippen LogP contribution in [-0.2, 0) is 4.79 Å². The van der Waals surface area contributed by atoms with Crippen molar-refractivity contribution >= 4 is 5.97 Å². The highest BCUT2D eigenvalue weighted by Crippen LogP contribution is 2.29. The molecule has 1 unspecified atom stereocenters. The molecule has 0 fully saturated rings. The monoisotopic (exact) mass is 226 g/mol. The number of hydrogen-bond donors (Lipinski definition) is 3. The Morgan fingerprint density at radius 1 is 1.50 bits per heavy atom. The third-order valence-electron chi connectivity index (χ3n) is 1.97. The molecule has 0 aliphatic rings. The average molecular weight is 226 g/mol. The second kappa shape index (κ2) is 4.94. The number of carboxylic acids is 1. The summed E-state index contributed by atoms with van der Waals surface area (Å²) in [7, 11) is 0. The van der Waals surface area contributed by atoms with Gasteiger partial charge in [0.2, 0.25) is 0 Å². The third kappa shape index (κ3) is 2.58. The fourth-order valence-electron chi connectivity index (χ4n) is 1.28. The first-order valence-corrected chi connectivity index (χ1v) is 4.41. The molecule has 0 aliphatic carbocycles. The molecule has 1 heterocycles. The summed E-state index contributed by atoms with van der Waals surface area (Å²) in [6.07, 6.45) is -1.22. The lowest BCUT2D eigenvalue weighted by atomic mass is 10.2. The maximum absolute atomic E-state index is 10.4. The van der Waals surface area contributed by atoms with E-state index in [9.17, 15) is 15.0 Å². The Bertz CT molecular complexity index is 416. The standard InChI is InChI=1S/C8H10N4O4/c9-11-10-5(1-4-8(15)16)12-6(13)2-3-7(12)14/h2-3,5,13-14H,1,4H2,(H,15,16). The van der Waals surface area contributed by atoms with Gasteiger partial charge in [0.1, 0.15) is 6.17 Å². The van der Waals surface area contributed by atoms with Crippen LogP contribution in [0.1, 0.15) is 19.0 Å². The van der Waals surface area contributed by atoms with Crippen LogP contribution in [0.2, 0.25) is 0 Å². The van der Waals surface area contributed by atoms with E-state index in [4.69, 9.17) is 10.6 Å². The zero-order valence-electron chi connectivity index (χ0n) is 8.19. The van der Waals surface area contributed by atoms with Gasteiger partial charge in [-0.3, -0.25) is 9.36 Å². The first-order valence-electron chi connectivity index (χ1n) is 4.41. The lowest BCUT2D eigenvalue weighted by Gasteiger charge is -2.14. The predicted octanol–water partition coefficient (Wildman–Crippen LogP) is 1.57. The van der Waals surface area contributed by atoms with Gasteiger partial charge in [-0.05, 0) is 12.0 Å². The van der Waals surface area contributed by atoms with E-state index in [2.05, 4.69) is 10.0 Å². The van der Waals surface area contributed by atoms with Crippen molar-refractivity contribution in [2.24, 2.45) is 5.11 Å². The lowest BCUT2D eigenvalue weighted by Crippen LogP contribution is -2.07. The molecule has 0 aromatic carbocycles. The second-order valence-electron chi connectivity index (χ2n) is 3.04. The van der Waals surface area contributed by atoms with E-state index in [1.807, 2.05) is 0 Å². The molecule has 3 N–H and O–H groups in total. The molecule has 1 rings (SSSR count). The van der Waals surface area contributed by atoms with Crippen molar-refractivity contribution in [1.29, 1.82) is 0 Å². The van der Waals surface area contributed by atoms with Crippen LogP contribution in [0.5, 0.6) is 11.8 Å². The van der Waals surface area contributed by atoms with Gasteiger partial charge >= 0.3 is 5.97 Å². The number of hydrogen-bond acceptors (Lipinski definition) is 4. The molecule has 8 nitrogen and oxygen atoms in total. The maximum atomic E-state index is 10.4. The van der Waals surface area contributed by atoms with Crippen LogP contribution in [0.15, 0.2) is 17.2 Å². The Kier molecular flexibility index (Phi) is 3.62. The number of carbonyl (C=O) groups is 1. The summed E-state index contributed by atoms with van der Waals surface area (Å²) in [5, 5.41) is 30.5. The Morgan fingerprint density at radius 3 is 2.50 bits per heavy atom. The van der Waals surface area contributed by atoms with Gasteiger partial charge in [-0.15, -0.1) is 0 Å². The van der Waals surface area contributed by atoms with E-state index >= 15 is 0 Å². The minimum atomic E-state index is -1.05. The van der Waals surface area contributed by atoms with Gasteiger partial charge in [-0.1, -0.05) is 5.11 Å². The molecule has 86 valence electrons. The highest BCUT2D eigenvalue weighted by molar-refractivity contribution is 5.66. The minimum Gasteiger partial charge on any atom is -0.494 e. The van der Waals surface area contributed by atoms with Crippen LogP contribution in [0.25, 0.3) is 10.4 Å². The molecule has 1 aromatic heterocycles. The molecule has 0 saturated carbocycles. The Hall–Kier alpha value is -2.34. The summed E-state index contributed by atoms with van der Waals surface area (Å²) in [5.41, 5.74) is 8.32. The summed E-state index contributed by atoms with van der Waals surface area (Å²) in [4.78, 5) is 12.9. The van der Waals surface area contributed by atoms with Crippen molar-refractivity contribution < 1.29 is 20.1 Å². The molecule has 8 heteroatoms. The first-order chi connectivity index (χ1) is 7.56. The minimum absolute atomic E-state index is 0.0187. The Morgan fingerprint density at radius 2 is 2.06 bits per heavy atom. The summed E-state index contributed by atoms with van der Waals surface area (Å²) < 4.78 is 0.961. The van der Waals surface area contributed by atoms with Crippen molar-refractivity contribution in [3.8, 4) is 11.8 Å². The molecule has 16 heavy (non-hydrogen) atoms. The van der Waals surface area contributed by atoms with Crippen LogP contribution in [0, 0.1) is 0 Å². The fraction of sp³-hybridized carbons (Fsp3) is 0.375. The first kappa shape index (κ1) is 11.7. The molecule has 0 spiro atoms. The van der Waals surface area contributed by atoms with Gasteiger partial charge in [0, 0.05) is 23.5 Å². The summed E-state index contributed by atoms with van der Waals surface area (Å²) in [5.74, 6) is -1.63. The number of aromatic hydroxyl groups is 2. The van der Waals surface area contributed by atoms with Crippen molar-refractivity contribution in [3.63, 3.8) is 0 Å². The van der Waals surface area contributed by atoms with Gasteiger partial charge in [-0.2, -0.15) is 0 Å². The molecular formula is C8H10N4O4. The number of azide groups is 1. The van der Waals surface area contributed by atoms with Crippen molar-refractivity contribution in [2.75, 3.05) is 0 Å². The smallest absolute Gasteiger partial charge is 0.303 e. The maximum Gasteiger partial charge on any atom is 0.303 e. The van der Waals surface area contributed by atoms with Crippen LogP contribution < -0.4 is 0 Å². The zero-order chi connectivity index (χ0) is 12.1. The SMILES string of the molecule is [N-]=[N+]=NC(CCC(=O)O)n1c(O)ccc1O. The molecular weight excluding hydrogens is 216 g/mol. The van der Waals surface area contributed by atoms with E-state index < -0.39 is 12.1 Å². The largest absolute Gasteiger partial charge is 0.494 e. The Balaban J connectivity index is 2.93. The van der Waals surface area contributed by atoms with Crippen molar-refractivity contribution in [1.82, 2.24) is 4.57 Å². The van der Waals surface area contributed by atoms with E-state index in [0.717, 1.165) is 4.57 Å². The van der Waals surface area contributed by atoms with Crippen LogP contribution >= 0.6 is 0 Å². The van der Waals surface area contributed by atoms with Crippen LogP contribution in [0.4, 0.5) is 0 Å². The molecule has 0 aliphatic heterocycles. The average Bonchev–Trinajstić information content (AvgIpc) is 2.54. The van der Waals surface area contributed by atoms with Crippen LogP contribution in [-0.4, -0.2) is 25.9 Å². The van der Waals surface area contributed by atoms with Crippen molar-refractivity contribution in [2.45, 2.75) is 19.0 Å². The molecule has 0 bridgehead atoms. The van der Waals surface area contributed by atoms with Crippen molar-refractivity contribution in [3.05, 3.63) is 22.6 Å². The fourth-order valence-corrected chi connectivity index (χ4v) is 1.28. The number of nitrogens with zero attached hydrogens (tertiary/aromatic N) is 4. The Labute approximate surface area is 90.0 Å². The van der Waals surface area contributed by atoms with E-state index in [0.29, 0.717) is 0 Å². The molecule has 0 saturated heterocycles. The summed E-state index contributed by atoms with van der Waals surface area (Å²) in [6, 6.07) is 2.44. The van der Waals surface area contributed by atoms with Crippen LogP contribution in [0.3, 0.4) is 0 Å². The van der Waals surface area contributed by atoms with Gasteiger partial charge in [0.25, 0.3) is 0 Å². The molecule has 0 radical (unpaired) electrons. The molecule has 1 aromatic rings. The molecule has 0 amide bonds. The van der Waals surface area contributed by atoms with E-state index in [-0.39, 0.29) is 24.6 Å². The quantitative estimate of drug-likeness (QED) is 0.399. The highest BCUT2D eigenvalue weighted by Gasteiger charge is 2.17. The van der Waals surface area contributed by atoms with E-state index in [1.54, 1.807) is 0 Å². The second-order valence-corrected chi connectivity index (χ2v) is 3.04. The van der Waals surface area contributed by atoms with Gasteiger partial charge in [0.05, 0.1) is 0 Å². The zero-order valence-corrected chi connectivity index (χ0v) is 8.19.